The number of nitrogens with zero attached hydrogens (tertiary/aromatic N) is 2. The number of carbonyl (C=O) groups is 2. The van der Waals surface area contributed by atoms with Crippen molar-refractivity contribution in [3.05, 3.63) is 0 Å². The number of imide groups is 1. The van der Waals surface area contributed by atoms with Crippen LogP contribution >= 0.6 is 23.1 Å². The molecule has 21 heavy (non-hydrogen) atoms. The third-order valence-electron chi connectivity index (χ3n) is 3.25. The average Bonchev–Trinajstić information content (AvgIpc) is 2.85. The predicted molar refractivity (Wildman–Crippen MR) is 83.2 cm³/mol. The largest absolute Gasteiger partial charge is 0.374 e. The van der Waals surface area contributed by atoms with E-state index >= 15 is 0 Å². The SMILES string of the molecule is CC(Sc1nnc(N)s1)C(=O)NC(=O)NC1CCCCC1. The summed E-state index contributed by atoms with van der Waals surface area (Å²) in [6.07, 6.45) is 5.44. The van der Waals surface area contributed by atoms with E-state index in [1.807, 2.05) is 0 Å². The summed E-state index contributed by atoms with van der Waals surface area (Å²) in [7, 11) is 0. The number of aromatic nitrogens is 2. The van der Waals surface area contributed by atoms with Gasteiger partial charge in [-0.05, 0) is 19.8 Å². The third kappa shape index (κ3) is 5.16. The Morgan fingerprint density at radius 1 is 1.33 bits per heavy atom. The summed E-state index contributed by atoms with van der Waals surface area (Å²) in [6.45, 7) is 1.71. The minimum Gasteiger partial charge on any atom is -0.374 e. The van der Waals surface area contributed by atoms with Crippen LogP contribution in [0.1, 0.15) is 39.0 Å². The molecule has 1 aliphatic carbocycles. The van der Waals surface area contributed by atoms with Crippen LogP contribution in [0.3, 0.4) is 0 Å². The van der Waals surface area contributed by atoms with Crippen LogP contribution in [0.2, 0.25) is 0 Å². The number of amides is 3. The van der Waals surface area contributed by atoms with Gasteiger partial charge in [-0.2, -0.15) is 0 Å². The maximum atomic E-state index is 11.9. The molecule has 1 atom stereocenters. The normalized spacial score (nSPS) is 17.2. The monoisotopic (exact) mass is 329 g/mol. The lowest BCUT2D eigenvalue weighted by atomic mass is 9.96. The number of nitrogen functional groups attached to an aromatic ring is 1. The van der Waals surface area contributed by atoms with Gasteiger partial charge in [0.2, 0.25) is 11.0 Å². The van der Waals surface area contributed by atoms with E-state index in [1.165, 1.54) is 29.5 Å². The van der Waals surface area contributed by atoms with E-state index in [9.17, 15) is 9.59 Å². The molecule has 1 unspecified atom stereocenters. The van der Waals surface area contributed by atoms with Gasteiger partial charge in [0.1, 0.15) is 0 Å². The highest BCUT2D eigenvalue weighted by Crippen LogP contribution is 2.27. The number of hydrogen-bond acceptors (Lipinski definition) is 7. The Labute approximate surface area is 131 Å². The quantitative estimate of drug-likeness (QED) is 0.726. The molecule has 0 aliphatic heterocycles. The van der Waals surface area contributed by atoms with E-state index in [1.54, 1.807) is 6.92 Å². The van der Waals surface area contributed by atoms with Crippen molar-refractivity contribution in [3.8, 4) is 0 Å². The zero-order valence-corrected chi connectivity index (χ0v) is 13.4. The van der Waals surface area contributed by atoms with Crippen LogP contribution < -0.4 is 16.4 Å². The van der Waals surface area contributed by atoms with Crippen molar-refractivity contribution in [2.45, 2.75) is 54.7 Å². The van der Waals surface area contributed by atoms with Gasteiger partial charge in [-0.15, -0.1) is 10.2 Å². The number of carbonyl (C=O) groups excluding carboxylic acids is 2. The lowest BCUT2D eigenvalue weighted by Gasteiger charge is -2.22. The minimum atomic E-state index is -0.436. The molecule has 116 valence electrons. The number of thioether (sulfide) groups is 1. The molecule has 1 heterocycles. The summed E-state index contributed by atoms with van der Waals surface area (Å²) in [5.41, 5.74) is 5.48. The Bertz CT molecular complexity index is 502. The van der Waals surface area contributed by atoms with Crippen molar-refractivity contribution in [3.63, 3.8) is 0 Å². The van der Waals surface area contributed by atoms with Crippen molar-refractivity contribution in [2.75, 3.05) is 5.73 Å². The summed E-state index contributed by atoms with van der Waals surface area (Å²) < 4.78 is 0.614. The summed E-state index contributed by atoms with van der Waals surface area (Å²) in [5, 5.41) is 12.7. The molecule has 1 saturated carbocycles. The molecule has 4 N–H and O–H groups in total. The number of nitrogens with two attached hydrogens (primary N) is 1. The van der Waals surface area contributed by atoms with Crippen molar-refractivity contribution in [1.82, 2.24) is 20.8 Å². The van der Waals surface area contributed by atoms with E-state index in [2.05, 4.69) is 20.8 Å². The molecule has 2 rings (SSSR count). The van der Waals surface area contributed by atoms with Crippen LogP contribution in [-0.2, 0) is 4.79 Å². The fourth-order valence-electron chi connectivity index (χ4n) is 2.15. The van der Waals surface area contributed by atoms with E-state index < -0.39 is 11.3 Å². The number of hydrogen-bond donors (Lipinski definition) is 3. The van der Waals surface area contributed by atoms with Gasteiger partial charge >= 0.3 is 6.03 Å². The topological polar surface area (TPSA) is 110 Å². The van der Waals surface area contributed by atoms with Crippen molar-refractivity contribution in [1.29, 1.82) is 0 Å². The van der Waals surface area contributed by atoms with Crippen molar-refractivity contribution >= 4 is 40.2 Å². The highest BCUT2D eigenvalue weighted by Gasteiger charge is 2.21. The third-order valence-corrected chi connectivity index (χ3v) is 5.18. The van der Waals surface area contributed by atoms with E-state index in [0.717, 1.165) is 25.7 Å². The smallest absolute Gasteiger partial charge is 0.321 e. The molecule has 0 bridgehead atoms. The number of urea groups is 1. The van der Waals surface area contributed by atoms with E-state index in [0.29, 0.717) is 9.47 Å². The second kappa shape index (κ2) is 7.60. The first-order valence-corrected chi connectivity index (χ1v) is 8.61. The van der Waals surface area contributed by atoms with Gasteiger partial charge in [-0.3, -0.25) is 10.1 Å². The van der Waals surface area contributed by atoms with Crippen LogP contribution in [0.5, 0.6) is 0 Å². The molecule has 1 aromatic heterocycles. The minimum absolute atomic E-state index is 0.178. The second-order valence-electron chi connectivity index (χ2n) is 4.96. The molecule has 1 aliphatic rings. The summed E-state index contributed by atoms with van der Waals surface area (Å²) in [4.78, 5) is 23.7. The highest BCUT2D eigenvalue weighted by atomic mass is 32.2. The summed E-state index contributed by atoms with van der Waals surface area (Å²) >= 11 is 2.45. The highest BCUT2D eigenvalue weighted by molar-refractivity contribution is 8.02. The molecule has 3 amide bonds. The number of rotatable bonds is 4. The molecule has 0 spiro atoms. The molecule has 1 aromatic rings. The molecular weight excluding hydrogens is 310 g/mol. The van der Waals surface area contributed by atoms with Gasteiger partial charge < -0.3 is 11.1 Å². The van der Waals surface area contributed by atoms with Crippen molar-refractivity contribution in [2.24, 2.45) is 0 Å². The van der Waals surface area contributed by atoms with Crippen LogP contribution in [0.15, 0.2) is 4.34 Å². The van der Waals surface area contributed by atoms with Gasteiger partial charge in [0, 0.05) is 6.04 Å². The Balaban J connectivity index is 1.75. The first kappa shape index (κ1) is 16.0. The van der Waals surface area contributed by atoms with Crippen LogP contribution in [-0.4, -0.2) is 33.4 Å². The zero-order chi connectivity index (χ0) is 15.2. The average molecular weight is 329 g/mol. The second-order valence-corrected chi connectivity index (χ2v) is 7.56. The van der Waals surface area contributed by atoms with Gasteiger partial charge in [0.15, 0.2) is 4.34 Å². The van der Waals surface area contributed by atoms with Gasteiger partial charge in [-0.25, -0.2) is 4.79 Å². The Hall–Kier alpha value is -1.35. The molecule has 0 radical (unpaired) electrons. The van der Waals surface area contributed by atoms with Crippen LogP contribution in [0.25, 0.3) is 0 Å². The molecule has 0 saturated heterocycles. The van der Waals surface area contributed by atoms with E-state index in [-0.39, 0.29) is 11.9 Å². The standard InChI is InChI=1S/C12H19N5O2S2/c1-7(20-12-17-16-10(13)21-12)9(18)15-11(19)14-8-5-3-2-4-6-8/h7-8H,2-6H2,1H3,(H2,13,16)(H2,14,15,18,19). The Morgan fingerprint density at radius 3 is 2.67 bits per heavy atom. The van der Waals surface area contributed by atoms with Crippen LogP contribution in [0.4, 0.5) is 9.93 Å². The maximum absolute atomic E-state index is 11.9. The Kier molecular flexibility index (Phi) is 5.80. The first-order chi connectivity index (χ1) is 10.0. The summed E-state index contributed by atoms with van der Waals surface area (Å²) in [5.74, 6) is -0.345. The molecule has 1 fully saturated rings. The van der Waals surface area contributed by atoms with Crippen LogP contribution in [0, 0.1) is 0 Å². The fourth-order valence-corrected chi connectivity index (χ4v) is 3.93. The number of nitrogens with one attached hydrogen (secondary N) is 2. The lowest BCUT2D eigenvalue weighted by molar-refractivity contribution is -0.119. The van der Waals surface area contributed by atoms with Gasteiger partial charge in [0.25, 0.3) is 0 Å². The maximum Gasteiger partial charge on any atom is 0.321 e. The zero-order valence-electron chi connectivity index (χ0n) is 11.8. The molecule has 9 heteroatoms. The fraction of sp³-hybridized carbons (Fsp3) is 0.667. The number of anilines is 1. The Morgan fingerprint density at radius 2 is 2.05 bits per heavy atom. The van der Waals surface area contributed by atoms with E-state index in [4.69, 9.17) is 5.73 Å². The molecule has 0 aromatic carbocycles. The van der Waals surface area contributed by atoms with Gasteiger partial charge in [0.05, 0.1) is 5.25 Å². The summed E-state index contributed by atoms with van der Waals surface area (Å²) in [6, 6.07) is -0.242. The molecule has 7 nitrogen and oxygen atoms in total. The molecular formula is C12H19N5O2S2. The van der Waals surface area contributed by atoms with Crippen molar-refractivity contribution < 1.29 is 9.59 Å². The first-order valence-electron chi connectivity index (χ1n) is 6.91. The van der Waals surface area contributed by atoms with Gasteiger partial charge in [-0.1, -0.05) is 42.4 Å². The predicted octanol–water partition coefficient (Wildman–Crippen LogP) is 1.76. The lowest BCUT2D eigenvalue weighted by Crippen LogP contribution is -2.47.